The van der Waals surface area contributed by atoms with E-state index >= 15 is 0 Å². The van der Waals surface area contributed by atoms with Crippen LogP contribution in [0.4, 0.5) is 10.1 Å². The highest BCUT2D eigenvalue weighted by Crippen LogP contribution is 2.34. The molecular formula is C23H16ClFN4. The maximum atomic E-state index is 14.6. The molecule has 0 spiro atoms. The molecule has 0 unspecified atom stereocenters. The molecule has 0 fully saturated rings. The zero-order valence-electron chi connectivity index (χ0n) is 15.5. The van der Waals surface area contributed by atoms with Crippen molar-refractivity contribution in [3.63, 3.8) is 0 Å². The summed E-state index contributed by atoms with van der Waals surface area (Å²) in [6.45, 7) is 1.88. The van der Waals surface area contributed by atoms with Gasteiger partial charge in [-0.15, -0.1) is 0 Å². The third-order valence-corrected chi connectivity index (χ3v) is 5.05. The van der Waals surface area contributed by atoms with E-state index in [0.29, 0.717) is 16.3 Å². The number of nitrogens with one attached hydrogen (secondary N) is 1. The van der Waals surface area contributed by atoms with Gasteiger partial charge in [0.1, 0.15) is 17.6 Å². The Morgan fingerprint density at radius 3 is 2.59 bits per heavy atom. The summed E-state index contributed by atoms with van der Waals surface area (Å²) in [5.41, 5.74) is 4.00. The number of benzene rings is 2. The van der Waals surface area contributed by atoms with Crippen LogP contribution >= 0.6 is 11.6 Å². The Labute approximate surface area is 172 Å². The summed E-state index contributed by atoms with van der Waals surface area (Å²) in [6, 6.07) is 17.7. The predicted octanol–water partition coefficient (Wildman–Crippen LogP) is 6.13. The van der Waals surface area contributed by atoms with Crippen molar-refractivity contribution in [3.05, 3.63) is 89.1 Å². The molecule has 0 aliphatic heterocycles. The van der Waals surface area contributed by atoms with Gasteiger partial charge in [0.05, 0.1) is 22.3 Å². The molecule has 2 aromatic heterocycles. The maximum Gasteiger partial charge on any atom is 0.140 e. The van der Waals surface area contributed by atoms with Gasteiger partial charge in [0.25, 0.3) is 0 Å². The van der Waals surface area contributed by atoms with Gasteiger partial charge in [0, 0.05) is 28.9 Å². The molecule has 0 saturated carbocycles. The number of rotatable bonds is 4. The van der Waals surface area contributed by atoms with Gasteiger partial charge in [0.15, 0.2) is 0 Å². The summed E-state index contributed by atoms with van der Waals surface area (Å²) < 4.78 is 14.6. The number of pyridine rings is 2. The zero-order chi connectivity index (χ0) is 20.4. The SMILES string of the molecule is C[C@@H](Nc1c(Cl)cnc2ccccc12)c1cc(-c2ccc(C#N)nc2)ccc1F. The first-order chi connectivity index (χ1) is 14.1. The molecule has 0 saturated heterocycles. The molecule has 29 heavy (non-hydrogen) atoms. The van der Waals surface area contributed by atoms with Crippen molar-refractivity contribution in [2.75, 3.05) is 5.32 Å². The van der Waals surface area contributed by atoms with Gasteiger partial charge in [-0.1, -0.05) is 35.9 Å². The van der Waals surface area contributed by atoms with Crippen LogP contribution < -0.4 is 5.32 Å². The first kappa shape index (κ1) is 18.9. The van der Waals surface area contributed by atoms with E-state index in [0.717, 1.165) is 27.7 Å². The van der Waals surface area contributed by atoms with Gasteiger partial charge in [-0.2, -0.15) is 5.26 Å². The summed E-state index contributed by atoms with van der Waals surface area (Å²) in [7, 11) is 0. The van der Waals surface area contributed by atoms with Crippen molar-refractivity contribution in [3.8, 4) is 17.2 Å². The largest absolute Gasteiger partial charge is 0.377 e. The quantitative estimate of drug-likeness (QED) is 0.445. The maximum absolute atomic E-state index is 14.6. The minimum Gasteiger partial charge on any atom is -0.377 e. The number of halogens is 2. The monoisotopic (exact) mass is 402 g/mol. The fraction of sp³-hybridized carbons (Fsp3) is 0.0870. The molecule has 4 rings (SSSR count). The van der Waals surface area contributed by atoms with E-state index in [4.69, 9.17) is 16.9 Å². The lowest BCUT2D eigenvalue weighted by Crippen LogP contribution is -2.10. The van der Waals surface area contributed by atoms with Crippen LogP contribution in [0.1, 0.15) is 24.2 Å². The van der Waals surface area contributed by atoms with E-state index in [9.17, 15) is 4.39 Å². The van der Waals surface area contributed by atoms with E-state index in [1.54, 1.807) is 36.7 Å². The van der Waals surface area contributed by atoms with Crippen molar-refractivity contribution in [1.82, 2.24) is 9.97 Å². The molecule has 0 radical (unpaired) electrons. The van der Waals surface area contributed by atoms with Gasteiger partial charge in [-0.05, 0) is 42.8 Å². The number of anilines is 1. The summed E-state index contributed by atoms with van der Waals surface area (Å²) in [5.74, 6) is -0.315. The molecule has 2 aromatic carbocycles. The topological polar surface area (TPSA) is 61.6 Å². The van der Waals surface area contributed by atoms with Crippen LogP contribution in [0.2, 0.25) is 5.02 Å². The number of aromatic nitrogens is 2. The first-order valence-electron chi connectivity index (χ1n) is 9.02. The van der Waals surface area contributed by atoms with E-state index in [1.807, 2.05) is 37.3 Å². The lowest BCUT2D eigenvalue weighted by Gasteiger charge is -2.19. The van der Waals surface area contributed by atoms with Gasteiger partial charge in [-0.25, -0.2) is 9.37 Å². The molecule has 1 atom stereocenters. The van der Waals surface area contributed by atoms with Crippen LogP contribution in [0.15, 0.2) is 67.0 Å². The van der Waals surface area contributed by atoms with Crippen LogP contribution in [0.5, 0.6) is 0 Å². The number of nitriles is 1. The Morgan fingerprint density at radius 2 is 1.83 bits per heavy atom. The number of fused-ring (bicyclic) bond motifs is 1. The minimum absolute atomic E-state index is 0.315. The number of para-hydroxylation sites is 1. The fourth-order valence-corrected chi connectivity index (χ4v) is 3.45. The third kappa shape index (κ3) is 3.75. The highest BCUT2D eigenvalue weighted by molar-refractivity contribution is 6.34. The molecule has 0 aliphatic rings. The van der Waals surface area contributed by atoms with Crippen molar-refractivity contribution in [1.29, 1.82) is 5.26 Å². The van der Waals surface area contributed by atoms with Crippen molar-refractivity contribution in [2.24, 2.45) is 0 Å². The van der Waals surface area contributed by atoms with Crippen LogP contribution in [0, 0.1) is 17.1 Å². The summed E-state index contributed by atoms with van der Waals surface area (Å²) >= 11 is 6.38. The summed E-state index contributed by atoms with van der Waals surface area (Å²) in [6.07, 6.45) is 3.20. The third-order valence-electron chi connectivity index (χ3n) is 4.76. The molecule has 142 valence electrons. The van der Waals surface area contributed by atoms with E-state index in [-0.39, 0.29) is 11.9 Å². The normalized spacial score (nSPS) is 11.8. The van der Waals surface area contributed by atoms with Gasteiger partial charge >= 0.3 is 0 Å². The lowest BCUT2D eigenvalue weighted by atomic mass is 10.00. The fourth-order valence-electron chi connectivity index (χ4n) is 3.24. The Hall–Kier alpha value is -3.49. The molecule has 2 heterocycles. The van der Waals surface area contributed by atoms with E-state index < -0.39 is 0 Å². The van der Waals surface area contributed by atoms with Crippen LogP contribution in [0.25, 0.3) is 22.0 Å². The Morgan fingerprint density at radius 1 is 1.03 bits per heavy atom. The van der Waals surface area contributed by atoms with E-state index in [2.05, 4.69) is 15.3 Å². The van der Waals surface area contributed by atoms with Gasteiger partial charge < -0.3 is 5.32 Å². The lowest BCUT2D eigenvalue weighted by molar-refractivity contribution is 0.600. The average Bonchev–Trinajstić information content (AvgIpc) is 2.76. The molecule has 1 N–H and O–H groups in total. The molecule has 4 aromatic rings. The van der Waals surface area contributed by atoms with Gasteiger partial charge in [0.2, 0.25) is 0 Å². The number of hydrogen-bond donors (Lipinski definition) is 1. The molecule has 4 nitrogen and oxygen atoms in total. The first-order valence-corrected chi connectivity index (χ1v) is 9.40. The van der Waals surface area contributed by atoms with Gasteiger partial charge in [-0.3, -0.25) is 4.98 Å². The number of hydrogen-bond acceptors (Lipinski definition) is 4. The average molecular weight is 403 g/mol. The van der Waals surface area contributed by atoms with Crippen LogP contribution in [-0.4, -0.2) is 9.97 Å². The minimum atomic E-state index is -0.343. The second-order valence-corrected chi connectivity index (χ2v) is 7.05. The van der Waals surface area contributed by atoms with E-state index in [1.165, 1.54) is 6.07 Å². The highest BCUT2D eigenvalue weighted by Gasteiger charge is 2.16. The second-order valence-electron chi connectivity index (χ2n) is 6.64. The smallest absolute Gasteiger partial charge is 0.140 e. The van der Waals surface area contributed by atoms with Crippen LogP contribution in [0.3, 0.4) is 0 Å². The molecule has 0 amide bonds. The van der Waals surface area contributed by atoms with Crippen LogP contribution in [-0.2, 0) is 0 Å². The Bertz CT molecular complexity index is 1230. The summed E-state index contributed by atoms with van der Waals surface area (Å²) in [4.78, 5) is 8.42. The highest BCUT2D eigenvalue weighted by atomic mass is 35.5. The standard InChI is InChI=1S/C23H16ClFN4/c1-14(29-23-18-4-2-3-5-22(18)28-13-20(23)24)19-10-15(7-9-21(19)25)16-6-8-17(11-26)27-12-16/h2-10,12-14H,1H3,(H,28,29)/t14-/m1/s1. The molecular weight excluding hydrogens is 387 g/mol. The Balaban J connectivity index is 1.70. The predicted molar refractivity (Wildman–Crippen MR) is 113 cm³/mol. The number of nitrogens with zero attached hydrogens (tertiary/aromatic N) is 3. The molecule has 0 aliphatic carbocycles. The van der Waals surface area contributed by atoms with Crippen molar-refractivity contribution in [2.45, 2.75) is 13.0 Å². The Kier molecular flexibility index (Phi) is 5.11. The molecule has 6 heteroatoms. The van der Waals surface area contributed by atoms with Crippen molar-refractivity contribution >= 4 is 28.2 Å². The molecule has 0 bridgehead atoms. The zero-order valence-corrected chi connectivity index (χ0v) is 16.3. The second kappa shape index (κ2) is 7.86. The summed E-state index contributed by atoms with van der Waals surface area (Å²) in [5, 5.41) is 13.6. The van der Waals surface area contributed by atoms with Crippen molar-refractivity contribution < 1.29 is 4.39 Å².